The molecule has 1 aromatic heterocycles. The molecule has 0 amide bonds. The molecule has 0 aliphatic carbocycles. The van der Waals surface area contributed by atoms with Crippen molar-refractivity contribution in [2.75, 3.05) is 6.54 Å². The number of nitrogens with zero attached hydrogens (tertiary/aromatic N) is 1. The Balaban J connectivity index is 1.84. The second-order valence-corrected chi connectivity index (χ2v) is 5.01. The summed E-state index contributed by atoms with van der Waals surface area (Å²) < 4.78 is 50.6. The van der Waals surface area contributed by atoms with Gasteiger partial charge in [0, 0.05) is 6.54 Å². The molecule has 0 saturated heterocycles. The Labute approximate surface area is 117 Å². The van der Waals surface area contributed by atoms with Crippen molar-refractivity contribution in [3.63, 3.8) is 0 Å². The number of rotatable bonds is 5. The second-order valence-electron chi connectivity index (χ2n) is 4.13. The van der Waals surface area contributed by atoms with Crippen molar-refractivity contribution >= 4 is 11.3 Å². The van der Waals surface area contributed by atoms with E-state index in [-0.39, 0.29) is 17.2 Å². The zero-order valence-electron chi connectivity index (χ0n) is 10.3. The molecule has 0 aliphatic heterocycles. The van der Waals surface area contributed by atoms with Gasteiger partial charge >= 0.3 is 6.18 Å². The van der Waals surface area contributed by atoms with Crippen LogP contribution in [0.4, 0.5) is 17.6 Å². The zero-order valence-corrected chi connectivity index (χ0v) is 11.1. The van der Waals surface area contributed by atoms with Crippen LogP contribution in [0.25, 0.3) is 0 Å². The van der Waals surface area contributed by atoms with Gasteiger partial charge in [0.05, 0.1) is 4.88 Å². The Kier molecular flexibility index (Phi) is 4.72. The summed E-state index contributed by atoms with van der Waals surface area (Å²) in [5.41, 5.74) is 2.16. The third kappa shape index (κ3) is 4.01. The second kappa shape index (κ2) is 6.32. The third-order valence-corrected chi connectivity index (χ3v) is 3.39. The van der Waals surface area contributed by atoms with Crippen molar-refractivity contribution in [2.45, 2.75) is 19.1 Å². The van der Waals surface area contributed by atoms with Crippen molar-refractivity contribution in [2.24, 2.45) is 0 Å². The van der Waals surface area contributed by atoms with Crippen molar-refractivity contribution < 1.29 is 17.6 Å². The predicted octanol–water partition coefficient (Wildman–Crippen LogP) is 3.43. The zero-order chi connectivity index (χ0) is 14.6. The fourth-order valence-electron chi connectivity index (χ4n) is 1.70. The molecule has 0 fully saturated rings. The lowest BCUT2D eigenvalue weighted by atomic mass is 10.1. The van der Waals surface area contributed by atoms with Crippen LogP contribution in [0.2, 0.25) is 0 Å². The Morgan fingerprint density at radius 1 is 1.30 bits per heavy atom. The first-order chi connectivity index (χ1) is 9.47. The molecule has 0 unspecified atom stereocenters. The summed E-state index contributed by atoms with van der Waals surface area (Å²) in [4.78, 5) is 3.32. The topological polar surface area (TPSA) is 24.9 Å². The van der Waals surface area contributed by atoms with Crippen molar-refractivity contribution in [3.05, 3.63) is 51.7 Å². The molecule has 0 aliphatic rings. The maximum atomic E-state index is 12.9. The van der Waals surface area contributed by atoms with Gasteiger partial charge in [-0.25, -0.2) is 9.37 Å². The lowest BCUT2D eigenvalue weighted by Crippen LogP contribution is -2.19. The van der Waals surface area contributed by atoms with Gasteiger partial charge in [-0.05, 0) is 30.7 Å². The third-order valence-electron chi connectivity index (χ3n) is 2.62. The van der Waals surface area contributed by atoms with Crippen LogP contribution in [0, 0.1) is 11.3 Å². The molecule has 0 atom stereocenters. The molecule has 1 heterocycles. The van der Waals surface area contributed by atoms with E-state index < -0.39 is 11.9 Å². The molecule has 0 spiro atoms. The van der Waals surface area contributed by atoms with Gasteiger partial charge in [-0.1, -0.05) is 12.1 Å². The molecule has 2 nitrogen and oxygen atoms in total. The highest BCUT2D eigenvalue weighted by atomic mass is 32.1. The standard InChI is InChI=1S/C13H11F4N2S/c14-10-3-1-2-9(6-10)4-5-18-7-11-12(13(15,16)17)19-8-20-11/h1-3,6,18H,4-5,7H2. The maximum absolute atomic E-state index is 12.9. The van der Waals surface area contributed by atoms with Crippen LogP contribution in [-0.2, 0) is 19.1 Å². The average molecular weight is 303 g/mol. The number of thiazole rings is 1. The van der Waals surface area contributed by atoms with Crippen LogP contribution >= 0.6 is 11.3 Å². The molecule has 107 valence electrons. The lowest BCUT2D eigenvalue weighted by molar-refractivity contribution is -0.141. The van der Waals surface area contributed by atoms with E-state index in [0.717, 1.165) is 16.9 Å². The normalized spacial score (nSPS) is 11.8. The molecule has 7 heteroatoms. The number of nitrogens with one attached hydrogen (secondary N) is 1. The Morgan fingerprint density at radius 3 is 2.80 bits per heavy atom. The van der Waals surface area contributed by atoms with E-state index in [0.29, 0.717) is 13.0 Å². The van der Waals surface area contributed by atoms with Gasteiger partial charge in [0.1, 0.15) is 5.82 Å². The van der Waals surface area contributed by atoms with Crippen LogP contribution in [0.1, 0.15) is 16.1 Å². The van der Waals surface area contributed by atoms with Gasteiger partial charge in [0.25, 0.3) is 0 Å². The highest BCUT2D eigenvalue weighted by molar-refractivity contribution is 7.09. The summed E-state index contributed by atoms with van der Waals surface area (Å²) in [5, 5.41) is 2.90. The molecule has 2 rings (SSSR count). The first-order valence-corrected chi connectivity index (χ1v) is 6.66. The number of alkyl halides is 3. The molecular formula is C13H11F4N2S. The van der Waals surface area contributed by atoms with Crippen molar-refractivity contribution in [1.29, 1.82) is 0 Å². The summed E-state index contributed by atoms with van der Waals surface area (Å²) in [6.07, 6.45) is -3.91. The van der Waals surface area contributed by atoms with Crippen LogP contribution in [0.15, 0.2) is 24.3 Å². The monoisotopic (exact) mass is 303 g/mol. The minimum atomic E-state index is -4.45. The summed E-state index contributed by atoms with van der Waals surface area (Å²) >= 11 is 0.847. The van der Waals surface area contributed by atoms with Gasteiger partial charge in [0.15, 0.2) is 11.2 Å². The summed E-state index contributed by atoms with van der Waals surface area (Å²) in [6, 6.07) is 6.12. The van der Waals surface area contributed by atoms with E-state index >= 15 is 0 Å². The molecule has 20 heavy (non-hydrogen) atoms. The van der Waals surface area contributed by atoms with Crippen LogP contribution in [-0.4, -0.2) is 11.5 Å². The lowest BCUT2D eigenvalue weighted by Gasteiger charge is -2.07. The largest absolute Gasteiger partial charge is 0.434 e. The molecule has 2 aromatic rings. The maximum Gasteiger partial charge on any atom is 0.434 e. The minimum absolute atomic E-state index is 0.0747. The van der Waals surface area contributed by atoms with Gasteiger partial charge in [-0.15, -0.1) is 11.3 Å². The quantitative estimate of drug-likeness (QED) is 0.676. The van der Waals surface area contributed by atoms with Gasteiger partial charge < -0.3 is 5.32 Å². The van der Waals surface area contributed by atoms with E-state index in [4.69, 9.17) is 0 Å². The molecule has 1 N–H and O–H groups in total. The summed E-state index contributed by atoms with van der Waals surface area (Å²) in [5.74, 6) is -0.320. The highest BCUT2D eigenvalue weighted by Crippen LogP contribution is 2.32. The first-order valence-electron chi connectivity index (χ1n) is 5.85. The van der Waals surface area contributed by atoms with Crippen LogP contribution < -0.4 is 5.32 Å². The summed E-state index contributed by atoms with van der Waals surface area (Å²) in [6.45, 7) is 0.532. The van der Waals surface area contributed by atoms with Crippen LogP contribution in [0.5, 0.6) is 0 Å². The minimum Gasteiger partial charge on any atom is -0.311 e. The molecular weight excluding hydrogens is 292 g/mol. The van der Waals surface area contributed by atoms with Crippen molar-refractivity contribution in [1.82, 2.24) is 10.3 Å². The van der Waals surface area contributed by atoms with E-state index in [9.17, 15) is 17.6 Å². The SMILES string of the molecule is Fc1cccc(CCNCc2s[c]nc2C(F)(F)F)c1. The van der Waals surface area contributed by atoms with E-state index in [1.165, 1.54) is 12.1 Å². The van der Waals surface area contributed by atoms with E-state index in [1.54, 1.807) is 12.1 Å². The summed E-state index contributed by atoms with van der Waals surface area (Å²) in [7, 11) is 0. The number of halogens is 4. The van der Waals surface area contributed by atoms with Crippen molar-refractivity contribution in [3.8, 4) is 0 Å². The van der Waals surface area contributed by atoms with Gasteiger partial charge in [-0.2, -0.15) is 13.2 Å². The molecule has 0 bridgehead atoms. The number of hydrogen-bond acceptors (Lipinski definition) is 3. The van der Waals surface area contributed by atoms with Crippen LogP contribution in [0.3, 0.4) is 0 Å². The van der Waals surface area contributed by atoms with E-state index in [2.05, 4.69) is 15.8 Å². The number of aromatic nitrogens is 1. The fraction of sp³-hybridized carbons (Fsp3) is 0.308. The van der Waals surface area contributed by atoms with Gasteiger partial charge in [0.2, 0.25) is 0 Å². The molecule has 0 saturated carbocycles. The van der Waals surface area contributed by atoms with E-state index in [1.807, 2.05) is 0 Å². The molecule has 1 radical (unpaired) electrons. The number of benzene rings is 1. The Hall–Kier alpha value is -1.47. The predicted molar refractivity (Wildman–Crippen MR) is 67.8 cm³/mol. The molecule has 1 aromatic carbocycles. The van der Waals surface area contributed by atoms with Gasteiger partial charge in [-0.3, -0.25) is 0 Å². The smallest absolute Gasteiger partial charge is 0.311 e. The Morgan fingerprint density at radius 2 is 2.10 bits per heavy atom. The average Bonchev–Trinajstić information content (AvgIpc) is 2.83. The first kappa shape index (κ1) is 14.9. The highest BCUT2D eigenvalue weighted by Gasteiger charge is 2.36. The Bertz CT molecular complexity index is 565. The fourth-order valence-corrected chi connectivity index (χ4v) is 2.38. The number of hydrogen-bond donors (Lipinski definition) is 1.